The Hall–Kier alpha value is -3.20. The molecule has 2 aromatic rings. The molecule has 0 saturated carbocycles. The lowest BCUT2D eigenvalue weighted by Gasteiger charge is -2.40. The fourth-order valence-electron chi connectivity index (χ4n) is 5.95. The predicted molar refractivity (Wildman–Crippen MR) is 142 cm³/mol. The fourth-order valence-corrected chi connectivity index (χ4v) is 6.25. The molecule has 2 atom stereocenters. The lowest BCUT2D eigenvalue weighted by atomic mass is 9.78. The van der Waals surface area contributed by atoms with E-state index in [2.05, 4.69) is 15.2 Å². The number of likely N-dealkylation sites (tertiary alicyclic amines) is 3. The van der Waals surface area contributed by atoms with Gasteiger partial charge in [0.25, 0.3) is 0 Å². The number of carbonyl (C=O) groups is 2. The first-order chi connectivity index (χ1) is 17.4. The molecule has 3 aliphatic rings. The number of nitrogens with zero attached hydrogens (tertiary/aromatic N) is 4. The van der Waals surface area contributed by atoms with Crippen LogP contribution in [0.3, 0.4) is 0 Å². The Morgan fingerprint density at radius 1 is 1.14 bits per heavy atom. The second kappa shape index (κ2) is 10.0. The summed E-state index contributed by atoms with van der Waals surface area (Å²) < 4.78 is 5.30. The second-order valence-corrected chi connectivity index (χ2v) is 10.6. The highest BCUT2D eigenvalue weighted by molar-refractivity contribution is 7.80. The molecule has 2 amide bonds. The third-order valence-corrected chi connectivity index (χ3v) is 8.47. The number of benzene rings is 1. The quantitative estimate of drug-likeness (QED) is 0.636. The Morgan fingerprint density at radius 2 is 1.89 bits per heavy atom. The van der Waals surface area contributed by atoms with Crippen LogP contribution in [0.1, 0.15) is 37.3 Å². The number of hydrogen-bond acceptors (Lipinski definition) is 5. The third-order valence-electron chi connectivity index (χ3n) is 8.11. The van der Waals surface area contributed by atoms with Gasteiger partial charge >= 0.3 is 0 Å². The molecule has 0 aliphatic carbocycles. The lowest BCUT2D eigenvalue weighted by Crippen LogP contribution is -2.46. The maximum absolute atomic E-state index is 13.7. The van der Waals surface area contributed by atoms with Crippen LogP contribution < -0.4 is 10.1 Å². The van der Waals surface area contributed by atoms with Crippen LogP contribution >= 0.6 is 12.2 Å². The summed E-state index contributed by atoms with van der Waals surface area (Å²) in [7, 11) is 3.44. The molecular weight excluding hydrogens is 474 g/mol. The number of methoxy groups -OCH3 is 1. The van der Waals surface area contributed by atoms with Crippen molar-refractivity contribution in [2.75, 3.05) is 45.7 Å². The smallest absolute Gasteiger partial charge is 0.228 e. The van der Waals surface area contributed by atoms with Crippen LogP contribution in [0.2, 0.25) is 0 Å². The van der Waals surface area contributed by atoms with Gasteiger partial charge in [-0.15, -0.1) is 0 Å². The molecular formula is C27H33N5O3S. The zero-order valence-electron chi connectivity index (χ0n) is 20.9. The van der Waals surface area contributed by atoms with Crippen molar-refractivity contribution in [3.05, 3.63) is 54.4 Å². The van der Waals surface area contributed by atoms with Crippen molar-refractivity contribution in [3.63, 3.8) is 0 Å². The van der Waals surface area contributed by atoms with Gasteiger partial charge in [0, 0.05) is 63.8 Å². The Bertz CT molecular complexity index is 1140. The molecule has 8 nitrogen and oxygen atoms in total. The molecule has 1 spiro atoms. The molecule has 0 radical (unpaired) electrons. The molecule has 1 N–H and O–H groups in total. The Balaban J connectivity index is 1.19. The topological polar surface area (TPSA) is 78.0 Å². The number of nitrogens with one attached hydrogen (secondary N) is 1. The number of ether oxygens (including phenoxy) is 1. The minimum Gasteiger partial charge on any atom is -0.497 e. The molecule has 1 aromatic carbocycles. The monoisotopic (exact) mass is 507 g/mol. The van der Waals surface area contributed by atoms with E-state index in [4.69, 9.17) is 17.0 Å². The number of aromatic nitrogens is 1. The molecule has 4 heterocycles. The zero-order valence-corrected chi connectivity index (χ0v) is 21.7. The molecule has 3 saturated heterocycles. The molecule has 2 unspecified atom stereocenters. The van der Waals surface area contributed by atoms with Crippen LogP contribution in [0.25, 0.3) is 0 Å². The number of amides is 2. The Morgan fingerprint density at radius 3 is 2.58 bits per heavy atom. The average molecular weight is 508 g/mol. The van der Waals surface area contributed by atoms with E-state index in [-0.39, 0.29) is 35.6 Å². The van der Waals surface area contributed by atoms with Crippen molar-refractivity contribution in [1.29, 1.82) is 0 Å². The van der Waals surface area contributed by atoms with Crippen molar-refractivity contribution >= 4 is 34.8 Å². The van der Waals surface area contributed by atoms with Crippen molar-refractivity contribution < 1.29 is 14.3 Å². The van der Waals surface area contributed by atoms with Gasteiger partial charge in [0.15, 0.2) is 5.11 Å². The molecule has 9 heteroatoms. The van der Waals surface area contributed by atoms with Crippen molar-refractivity contribution in [2.45, 2.75) is 31.7 Å². The SMILES string of the molecule is COc1cccc(NC(=S)N2CCC3(CCN(C(=O)C4CC(=O)N(C)C4c4cccnc4)C3)CC2)c1. The van der Waals surface area contributed by atoms with Gasteiger partial charge in [-0.2, -0.15) is 0 Å². The summed E-state index contributed by atoms with van der Waals surface area (Å²) in [6.45, 7) is 3.23. The molecule has 5 rings (SSSR count). The summed E-state index contributed by atoms with van der Waals surface area (Å²) in [4.78, 5) is 36.3. The summed E-state index contributed by atoms with van der Waals surface area (Å²) >= 11 is 5.69. The van der Waals surface area contributed by atoms with Crippen molar-refractivity contribution in [3.8, 4) is 5.75 Å². The summed E-state index contributed by atoms with van der Waals surface area (Å²) in [5.74, 6) is 0.538. The minimum atomic E-state index is -0.360. The number of rotatable bonds is 4. The standard InChI is InChI=1S/C27H33N5O3S/c1-30-23(33)16-22(24(30)19-5-4-11-28-17-19)25(34)32-14-10-27(18-32)8-12-31(13-9-27)26(36)29-20-6-3-7-21(15-20)35-2/h3-7,11,15,17,22,24H,8-10,12-14,16,18H2,1-2H3,(H,29,36). The first kappa shape index (κ1) is 24.5. The maximum atomic E-state index is 13.7. The average Bonchev–Trinajstić information content (AvgIpc) is 3.45. The summed E-state index contributed by atoms with van der Waals surface area (Å²) in [6.07, 6.45) is 6.72. The van der Waals surface area contributed by atoms with Gasteiger partial charge in [-0.1, -0.05) is 12.1 Å². The number of pyridine rings is 1. The molecule has 3 fully saturated rings. The Kier molecular flexibility index (Phi) is 6.83. The zero-order chi connectivity index (χ0) is 25.3. The summed E-state index contributed by atoms with van der Waals surface area (Å²) in [5, 5.41) is 4.05. The first-order valence-electron chi connectivity index (χ1n) is 12.5. The van der Waals surface area contributed by atoms with Crippen LogP contribution in [-0.2, 0) is 9.59 Å². The predicted octanol–water partition coefficient (Wildman–Crippen LogP) is 3.32. The molecule has 36 heavy (non-hydrogen) atoms. The van der Waals surface area contributed by atoms with E-state index in [9.17, 15) is 9.59 Å². The van der Waals surface area contributed by atoms with Gasteiger partial charge in [-0.05, 0) is 60.7 Å². The van der Waals surface area contributed by atoms with Gasteiger partial charge in [0.2, 0.25) is 11.8 Å². The van der Waals surface area contributed by atoms with E-state index in [1.807, 2.05) is 41.3 Å². The fraction of sp³-hybridized carbons (Fsp3) is 0.481. The van der Waals surface area contributed by atoms with Crippen LogP contribution in [0.5, 0.6) is 5.75 Å². The number of carbonyl (C=O) groups excluding carboxylic acids is 2. The van der Waals surface area contributed by atoms with Gasteiger partial charge < -0.3 is 24.8 Å². The number of piperidine rings is 1. The van der Waals surface area contributed by atoms with Gasteiger partial charge in [0.1, 0.15) is 5.75 Å². The Labute approximate surface area is 217 Å². The van der Waals surface area contributed by atoms with Crippen LogP contribution in [0, 0.1) is 11.3 Å². The van der Waals surface area contributed by atoms with E-state index in [0.29, 0.717) is 0 Å². The van der Waals surface area contributed by atoms with Gasteiger partial charge in [0.05, 0.1) is 19.1 Å². The van der Waals surface area contributed by atoms with Crippen LogP contribution in [0.15, 0.2) is 48.8 Å². The van der Waals surface area contributed by atoms with E-state index >= 15 is 0 Å². The third kappa shape index (κ3) is 4.76. The van der Waals surface area contributed by atoms with Crippen molar-refractivity contribution in [2.24, 2.45) is 11.3 Å². The van der Waals surface area contributed by atoms with E-state index in [0.717, 1.165) is 67.6 Å². The number of thiocarbonyl (C=S) groups is 1. The molecule has 190 valence electrons. The van der Waals surface area contributed by atoms with Gasteiger partial charge in [-0.3, -0.25) is 14.6 Å². The van der Waals surface area contributed by atoms with Gasteiger partial charge in [-0.25, -0.2) is 0 Å². The normalized spacial score (nSPS) is 23.3. The molecule has 0 bridgehead atoms. The highest BCUT2D eigenvalue weighted by Gasteiger charge is 2.48. The van der Waals surface area contributed by atoms with Crippen LogP contribution in [0.4, 0.5) is 5.69 Å². The van der Waals surface area contributed by atoms with E-state index in [1.165, 1.54) is 0 Å². The highest BCUT2D eigenvalue weighted by Crippen LogP contribution is 2.43. The minimum absolute atomic E-state index is 0.0152. The van der Waals surface area contributed by atoms with Crippen LogP contribution in [-0.4, -0.2) is 76.9 Å². The molecule has 3 aliphatic heterocycles. The highest BCUT2D eigenvalue weighted by atomic mass is 32.1. The van der Waals surface area contributed by atoms with Crippen molar-refractivity contribution in [1.82, 2.24) is 19.7 Å². The molecule has 1 aromatic heterocycles. The number of anilines is 1. The summed E-state index contributed by atoms with van der Waals surface area (Å²) in [6, 6.07) is 11.3. The maximum Gasteiger partial charge on any atom is 0.228 e. The largest absolute Gasteiger partial charge is 0.497 e. The number of hydrogen-bond donors (Lipinski definition) is 1. The van der Waals surface area contributed by atoms with E-state index < -0.39 is 0 Å². The first-order valence-corrected chi connectivity index (χ1v) is 12.9. The lowest BCUT2D eigenvalue weighted by molar-refractivity contribution is -0.136. The second-order valence-electron chi connectivity index (χ2n) is 10.2. The summed E-state index contributed by atoms with van der Waals surface area (Å²) in [5.41, 5.74) is 1.95. The van der Waals surface area contributed by atoms with E-state index in [1.54, 1.807) is 31.5 Å².